The van der Waals surface area contributed by atoms with Gasteiger partial charge in [0, 0.05) is 11.1 Å². The topological polar surface area (TPSA) is 66.3 Å². The zero-order valence-corrected chi connectivity index (χ0v) is 18.8. The largest absolute Gasteiger partial charge is 0.503 e. The van der Waals surface area contributed by atoms with Crippen molar-refractivity contribution in [3.05, 3.63) is 76.5 Å². The molecule has 0 bridgehead atoms. The predicted molar refractivity (Wildman–Crippen MR) is 113 cm³/mol. The van der Waals surface area contributed by atoms with E-state index in [1.807, 2.05) is 0 Å². The molecule has 2 aromatic rings. The van der Waals surface area contributed by atoms with Crippen LogP contribution in [0.1, 0.15) is 34.7 Å². The molecule has 0 saturated carbocycles. The summed E-state index contributed by atoms with van der Waals surface area (Å²) in [5.74, 6) is -1.29. The summed E-state index contributed by atoms with van der Waals surface area (Å²) in [7, 11) is 2.50. The van der Waals surface area contributed by atoms with Crippen molar-refractivity contribution >= 4 is 17.4 Å². The Morgan fingerprint density at radius 3 is 2.09 bits per heavy atom. The number of alkyl halides is 6. The summed E-state index contributed by atoms with van der Waals surface area (Å²) in [6, 6.07) is 7.36. The molecule has 2 rings (SSSR count). The second-order valence-corrected chi connectivity index (χ2v) is 6.81. The fourth-order valence-corrected chi connectivity index (χ4v) is 2.90. The monoisotopic (exact) mass is 505 g/mol. The van der Waals surface area contributed by atoms with E-state index in [0.717, 1.165) is 6.26 Å². The van der Waals surface area contributed by atoms with E-state index in [0.29, 0.717) is 23.3 Å². The molecular weight excluding hydrogens is 484 g/mol. The Balaban J connectivity index is 2.44. The summed E-state index contributed by atoms with van der Waals surface area (Å²) in [5, 5.41) is 3.63. The highest BCUT2D eigenvalue weighted by atomic mass is 19.4. The minimum Gasteiger partial charge on any atom is -0.503 e. The standard InChI is InChI=1S/C23H21F6NO5/c1-4-34-20(15-9-16(22(24,25)26)11-17(10-15)23(27,28)29)30-35-12-14-7-5-6-8-18(14)19(13-32-2)21(31)33-3/h5-11,13H,4,12H2,1-3H3/b19-13+,30-20-. The number of esters is 1. The Labute approximate surface area is 196 Å². The molecule has 0 unspecified atom stereocenters. The lowest BCUT2D eigenvalue weighted by molar-refractivity contribution is -0.143. The minimum absolute atomic E-state index is 0.000641. The molecule has 6 nitrogen and oxygen atoms in total. The number of benzene rings is 2. The van der Waals surface area contributed by atoms with Crippen LogP contribution in [0, 0.1) is 0 Å². The van der Waals surface area contributed by atoms with Gasteiger partial charge in [-0.05, 0) is 35.8 Å². The number of halogens is 6. The van der Waals surface area contributed by atoms with Gasteiger partial charge < -0.3 is 19.0 Å². The van der Waals surface area contributed by atoms with Gasteiger partial charge in [-0.2, -0.15) is 26.3 Å². The number of ether oxygens (including phenoxy) is 3. The van der Waals surface area contributed by atoms with Crippen molar-refractivity contribution in [3.8, 4) is 0 Å². The quantitative estimate of drug-likeness (QED) is 0.0863. The highest BCUT2D eigenvalue weighted by Gasteiger charge is 2.37. The van der Waals surface area contributed by atoms with E-state index in [9.17, 15) is 31.1 Å². The van der Waals surface area contributed by atoms with Crippen LogP contribution in [0.15, 0.2) is 53.9 Å². The van der Waals surface area contributed by atoms with Crippen LogP contribution >= 0.6 is 0 Å². The van der Waals surface area contributed by atoms with E-state index >= 15 is 0 Å². The Hall–Kier alpha value is -3.70. The SMILES string of the molecule is CCO/C(=N\OCc1ccccc1/C(=C\OC)C(=O)OC)c1cc(C(F)(F)F)cc(C(F)(F)F)c1. The highest BCUT2D eigenvalue weighted by Crippen LogP contribution is 2.36. The van der Waals surface area contributed by atoms with Gasteiger partial charge in [0.05, 0.1) is 38.2 Å². The van der Waals surface area contributed by atoms with E-state index < -0.39 is 40.9 Å². The average Bonchev–Trinajstić information content (AvgIpc) is 2.80. The first-order valence-electron chi connectivity index (χ1n) is 9.94. The molecule has 35 heavy (non-hydrogen) atoms. The molecule has 0 radical (unpaired) electrons. The maximum atomic E-state index is 13.2. The first kappa shape index (κ1) is 27.5. The second kappa shape index (κ2) is 11.6. The summed E-state index contributed by atoms with van der Waals surface area (Å²) in [6.07, 6.45) is -8.92. The van der Waals surface area contributed by atoms with E-state index in [4.69, 9.17) is 19.0 Å². The van der Waals surface area contributed by atoms with Gasteiger partial charge in [0.2, 0.25) is 0 Å². The number of hydrogen-bond donors (Lipinski definition) is 0. The van der Waals surface area contributed by atoms with E-state index in [1.165, 1.54) is 21.1 Å². The molecular formula is C23H21F6NO5. The molecule has 0 atom stereocenters. The molecule has 0 aliphatic rings. The van der Waals surface area contributed by atoms with Crippen LogP contribution in [0.4, 0.5) is 26.3 Å². The van der Waals surface area contributed by atoms with Gasteiger partial charge in [-0.3, -0.25) is 0 Å². The summed E-state index contributed by atoms with van der Waals surface area (Å²) in [4.78, 5) is 17.3. The van der Waals surface area contributed by atoms with E-state index in [-0.39, 0.29) is 24.9 Å². The lowest BCUT2D eigenvalue weighted by atomic mass is 10.0. The van der Waals surface area contributed by atoms with Crippen LogP contribution in [-0.2, 0) is 42.8 Å². The number of carbonyl (C=O) groups excluding carboxylic acids is 1. The van der Waals surface area contributed by atoms with Gasteiger partial charge in [0.1, 0.15) is 12.2 Å². The van der Waals surface area contributed by atoms with Crippen LogP contribution in [0.3, 0.4) is 0 Å². The van der Waals surface area contributed by atoms with Crippen molar-refractivity contribution in [1.82, 2.24) is 0 Å². The molecule has 0 aromatic heterocycles. The van der Waals surface area contributed by atoms with Crippen LogP contribution in [0.2, 0.25) is 0 Å². The van der Waals surface area contributed by atoms with Crippen LogP contribution in [0.5, 0.6) is 0 Å². The number of oxime groups is 1. The first-order valence-corrected chi connectivity index (χ1v) is 9.94. The van der Waals surface area contributed by atoms with Crippen LogP contribution < -0.4 is 0 Å². The Bertz CT molecular complexity index is 1060. The average molecular weight is 505 g/mol. The second-order valence-electron chi connectivity index (χ2n) is 6.81. The minimum atomic E-state index is -5.04. The number of nitrogens with zero attached hydrogens (tertiary/aromatic N) is 1. The molecule has 0 amide bonds. The van der Waals surface area contributed by atoms with Gasteiger partial charge in [-0.25, -0.2) is 4.79 Å². The summed E-state index contributed by atoms with van der Waals surface area (Å²) < 4.78 is 94.0. The molecule has 0 spiro atoms. The molecule has 0 saturated heterocycles. The van der Waals surface area contributed by atoms with Crippen molar-refractivity contribution in [2.24, 2.45) is 5.16 Å². The molecule has 0 aliphatic heterocycles. The van der Waals surface area contributed by atoms with Crippen molar-refractivity contribution < 1.29 is 50.2 Å². The Morgan fingerprint density at radius 1 is 0.971 bits per heavy atom. The van der Waals surface area contributed by atoms with E-state index in [2.05, 4.69) is 5.16 Å². The third-order valence-electron chi connectivity index (χ3n) is 4.43. The van der Waals surface area contributed by atoms with Crippen molar-refractivity contribution in [3.63, 3.8) is 0 Å². The predicted octanol–water partition coefficient (Wildman–Crippen LogP) is 5.80. The smallest absolute Gasteiger partial charge is 0.416 e. The fraction of sp³-hybridized carbons (Fsp3) is 0.304. The number of carbonyl (C=O) groups is 1. The lowest BCUT2D eigenvalue weighted by Crippen LogP contribution is -2.15. The molecule has 0 aliphatic carbocycles. The first-order chi connectivity index (χ1) is 16.4. The lowest BCUT2D eigenvalue weighted by Gasteiger charge is -2.15. The number of hydrogen-bond acceptors (Lipinski definition) is 6. The molecule has 0 fully saturated rings. The zero-order valence-electron chi connectivity index (χ0n) is 18.8. The van der Waals surface area contributed by atoms with Crippen LogP contribution in [-0.4, -0.2) is 32.7 Å². The maximum Gasteiger partial charge on any atom is 0.416 e. The zero-order chi connectivity index (χ0) is 26.2. The molecule has 2 aromatic carbocycles. The maximum absolute atomic E-state index is 13.2. The Morgan fingerprint density at radius 2 is 1.57 bits per heavy atom. The summed E-state index contributed by atoms with van der Waals surface area (Å²) in [6.45, 7) is 1.05. The van der Waals surface area contributed by atoms with Gasteiger partial charge >= 0.3 is 18.3 Å². The summed E-state index contributed by atoms with van der Waals surface area (Å²) >= 11 is 0. The Kier molecular flexibility index (Phi) is 9.15. The highest BCUT2D eigenvalue weighted by molar-refractivity contribution is 6.16. The van der Waals surface area contributed by atoms with Crippen molar-refractivity contribution in [1.29, 1.82) is 0 Å². The van der Waals surface area contributed by atoms with Gasteiger partial charge in [0.25, 0.3) is 5.90 Å². The van der Waals surface area contributed by atoms with Gasteiger partial charge in [-0.1, -0.05) is 24.3 Å². The molecule has 12 heteroatoms. The van der Waals surface area contributed by atoms with E-state index in [1.54, 1.807) is 24.3 Å². The third-order valence-corrected chi connectivity index (χ3v) is 4.43. The van der Waals surface area contributed by atoms with Crippen LogP contribution in [0.25, 0.3) is 5.57 Å². The number of methoxy groups -OCH3 is 2. The number of rotatable bonds is 8. The fourth-order valence-electron chi connectivity index (χ4n) is 2.90. The van der Waals surface area contributed by atoms with Crippen molar-refractivity contribution in [2.45, 2.75) is 25.9 Å². The van der Waals surface area contributed by atoms with Gasteiger partial charge in [-0.15, -0.1) is 0 Å². The third kappa shape index (κ3) is 7.39. The molecule has 0 N–H and O–H groups in total. The summed E-state index contributed by atoms with van der Waals surface area (Å²) in [5.41, 5.74) is -2.80. The van der Waals surface area contributed by atoms with Crippen molar-refractivity contribution in [2.75, 3.05) is 20.8 Å². The normalized spacial score (nSPS) is 12.8. The molecule has 190 valence electrons. The van der Waals surface area contributed by atoms with Gasteiger partial charge in [0.15, 0.2) is 0 Å². The molecule has 0 heterocycles.